The molecule has 0 N–H and O–H groups in total. The highest BCUT2D eigenvalue weighted by atomic mass is 35.5. The van der Waals surface area contributed by atoms with Crippen LogP contribution in [0.4, 0.5) is 19.4 Å². The van der Waals surface area contributed by atoms with E-state index >= 15 is 0 Å². The Morgan fingerprint density at radius 1 is 0.857 bits per heavy atom. The van der Waals surface area contributed by atoms with Crippen LogP contribution in [-0.4, -0.2) is 0 Å². The van der Waals surface area contributed by atoms with E-state index in [2.05, 4.69) is 0 Å². The maximum Gasteiger partial charge on any atom is 0.310 e. The molecule has 0 bridgehead atoms. The van der Waals surface area contributed by atoms with Gasteiger partial charge in [0.25, 0.3) is 0 Å². The molecule has 1 aromatic rings. The fourth-order valence-electron chi connectivity index (χ4n) is 0.717. The molecule has 0 aliphatic rings. The number of hydrogen-bond acceptors (Lipinski definition) is 0. The van der Waals surface area contributed by atoms with Crippen LogP contribution in [0.3, 0.4) is 0 Å². The zero-order chi connectivity index (χ0) is 11.3. The fourth-order valence-corrected chi connectivity index (χ4v) is 1.75. The molecule has 8 heteroatoms. The summed E-state index contributed by atoms with van der Waals surface area (Å²) < 4.78 is 60.8. The minimum absolute atomic E-state index is 0.117. The van der Waals surface area contributed by atoms with Gasteiger partial charge in [-0.1, -0.05) is 42.6 Å². The molecule has 0 aliphatic heterocycles. The smallest absolute Gasteiger partial charge is 0.0936 e. The minimum atomic E-state index is -9.63. The van der Waals surface area contributed by atoms with E-state index in [4.69, 9.17) is 23.2 Å². The second-order valence-corrected chi connectivity index (χ2v) is 5.77. The Kier molecular flexibility index (Phi) is 2.10. The van der Waals surface area contributed by atoms with Crippen LogP contribution < -0.4 is 0 Å². The zero-order valence-electron chi connectivity index (χ0n) is 6.29. The molecule has 0 unspecified atom stereocenters. The maximum atomic E-state index is 12.2. The van der Waals surface area contributed by atoms with E-state index in [9.17, 15) is 19.4 Å². The summed E-state index contributed by atoms with van der Waals surface area (Å²) in [5.74, 6) is 0. The number of halogens is 7. The van der Waals surface area contributed by atoms with Gasteiger partial charge in [0.1, 0.15) is 4.90 Å². The molecule has 14 heavy (non-hydrogen) atoms. The highest BCUT2D eigenvalue weighted by Gasteiger charge is 2.65. The molecule has 1 rings (SSSR count). The molecule has 0 aliphatic carbocycles. The second-order valence-electron chi connectivity index (χ2n) is 2.54. The Morgan fingerprint density at radius 3 is 1.71 bits per heavy atom. The van der Waals surface area contributed by atoms with Gasteiger partial charge in [-0.05, 0) is 18.2 Å². The molecule has 0 heterocycles. The number of rotatable bonds is 1. The van der Waals surface area contributed by atoms with Crippen LogP contribution in [0, 0.1) is 0 Å². The van der Waals surface area contributed by atoms with Crippen molar-refractivity contribution in [3.63, 3.8) is 0 Å². The first-order valence-corrected chi connectivity index (χ1v) is 5.80. The molecule has 1 aromatic carbocycles. The molecular formula is C6H3Cl2F5S. The van der Waals surface area contributed by atoms with E-state index < -0.39 is 20.1 Å². The van der Waals surface area contributed by atoms with E-state index in [1.807, 2.05) is 0 Å². The Bertz CT molecular complexity index is 384. The van der Waals surface area contributed by atoms with Gasteiger partial charge >= 0.3 is 10.2 Å². The molecule has 0 saturated heterocycles. The first kappa shape index (κ1) is 11.9. The topological polar surface area (TPSA) is 0 Å². The molecule has 0 spiro atoms. The van der Waals surface area contributed by atoms with Gasteiger partial charge < -0.3 is 0 Å². The third-order valence-electron chi connectivity index (χ3n) is 1.34. The van der Waals surface area contributed by atoms with Crippen molar-refractivity contribution >= 4 is 33.4 Å². The third kappa shape index (κ3) is 2.65. The SMILES string of the molecule is FS(F)(F)(F)(F)c1ccc(Cl)c(Cl)c1. The Balaban J connectivity index is 3.45. The standard InChI is InChI=1S/C6H3Cl2F5S/c7-5-2-1-4(3-6(5)8)14(9,10,11,12)13/h1-3H. The predicted molar refractivity (Wildman–Crippen MR) is 47.9 cm³/mol. The van der Waals surface area contributed by atoms with E-state index in [1.165, 1.54) is 0 Å². The molecule has 0 radical (unpaired) electrons. The lowest BCUT2D eigenvalue weighted by Crippen LogP contribution is -2.05. The van der Waals surface area contributed by atoms with Crippen molar-refractivity contribution < 1.29 is 19.4 Å². The van der Waals surface area contributed by atoms with Gasteiger partial charge in [0.15, 0.2) is 0 Å². The second kappa shape index (κ2) is 2.48. The predicted octanol–water partition coefficient (Wildman–Crippen LogP) is 5.65. The number of hydrogen-bond donors (Lipinski definition) is 0. The quantitative estimate of drug-likeness (QED) is 0.580. The maximum absolute atomic E-state index is 12.2. The monoisotopic (exact) mass is 272 g/mol. The molecule has 82 valence electrons. The van der Waals surface area contributed by atoms with Crippen LogP contribution in [0.1, 0.15) is 0 Å². The largest absolute Gasteiger partial charge is 0.310 e. The van der Waals surface area contributed by atoms with Crippen molar-refractivity contribution in [3.8, 4) is 0 Å². The van der Waals surface area contributed by atoms with Gasteiger partial charge in [-0.15, -0.1) is 0 Å². The van der Waals surface area contributed by atoms with E-state index in [0.29, 0.717) is 6.07 Å². The average Bonchev–Trinajstić information content (AvgIpc) is 1.89. The van der Waals surface area contributed by atoms with Crippen LogP contribution >= 0.6 is 33.4 Å². The van der Waals surface area contributed by atoms with Crippen molar-refractivity contribution in [2.75, 3.05) is 0 Å². The first-order valence-electron chi connectivity index (χ1n) is 3.09. The third-order valence-corrected chi connectivity index (χ3v) is 3.22. The Labute approximate surface area is 86.3 Å². The Morgan fingerprint density at radius 2 is 1.36 bits per heavy atom. The highest BCUT2D eigenvalue weighted by molar-refractivity contribution is 8.45. The van der Waals surface area contributed by atoms with Crippen molar-refractivity contribution in [3.05, 3.63) is 28.2 Å². The summed E-state index contributed by atoms with van der Waals surface area (Å²) in [6.07, 6.45) is 0. The van der Waals surface area contributed by atoms with Crippen LogP contribution in [-0.2, 0) is 0 Å². The minimum Gasteiger partial charge on any atom is -0.0936 e. The fraction of sp³-hybridized carbons (Fsp3) is 0. The van der Waals surface area contributed by atoms with Crippen LogP contribution in [0.5, 0.6) is 0 Å². The summed E-state index contributed by atoms with van der Waals surface area (Å²) in [5.41, 5.74) is 0. The van der Waals surface area contributed by atoms with Crippen LogP contribution in [0.25, 0.3) is 0 Å². The van der Waals surface area contributed by atoms with Crippen molar-refractivity contribution in [2.45, 2.75) is 4.90 Å². The van der Waals surface area contributed by atoms with E-state index in [0.717, 1.165) is 0 Å². The number of benzene rings is 1. The van der Waals surface area contributed by atoms with Gasteiger partial charge in [0, 0.05) is 0 Å². The summed E-state index contributed by atoms with van der Waals surface area (Å²) in [5, 5.41) is -0.769. The first-order chi connectivity index (χ1) is 5.90. The highest BCUT2D eigenvalue weighted by Crippen LogP contribution is 3.02. The summed E-state index contributed by atoms with van der Waals surface area (Å²) in [6, 6.07) is 0.998. The molecule has 0 atom stereocenters. The van der Waals surface area contributed by atoms with Crippen molar-refractivity contribution in [1.29, 1.82) is 0 Å². The lowest BCUT2D eigenvalue weighted by Gasteiger charge is -2.40. The van der Waals surface area contributed by atoms with Gasteiger partial charge in [-0.3, -0.25) is 0 Å². The molecule has 0 saturated carbocycles. The molecule has 0 aromatic heterocycles. The van der Waals surface area contributed by atoms with Crippen molar-refractivity contribution in [2.24, 2.45) is 0 Å². The van der Waals surface area contributed by atoms with Gasteiger partial charge in [0.05, 0.1) is 10.0 Å². The summed E-state index contributed by atoms with van der Waals surface area (Å²) in [6.45, 7) is 0. The van der Waals surface area contributed by atoms with Gasteiger partial charge in [-0.25, -0.2) is 0 Å². The summed E-state index contributed by atoms with van der Waals surface area (Å²) in [4.78, 5) is -2.04. The van der Waals surface area contributed by atoms with Crippen LogP contribution in [0.15, 0.2) is 23.1 Å². The van der Waals surface area contributed by atoms with E-state index in [1.54, 1.807) is 0 Å². The molecule has 0 fully saturated rings. The molecule has 0 nitrogen and oxygen atoms in total. The lowest BCUT2D eigenvalue weighted by molar-refractivity contribution is 0.364. The summed E-state index contributed by atoms with van der Waals surface area (Å²) in [7, 11) is -9.63. The summed E-state index contributed by atoms with van der Waals surface area (Å²) >= 11 is 10.5. The zero-order valence-corrected chi connectivity index (χ0v) is 8.61. The van der Waals surface area contributed by atoms with Crippen LogP contribution in [0.2, 0.25) is 10.0 Å². The average molecular weight is 273 g/mol. The van der Waals surface area contributed by atoms with Gasteiger partial charge in [0.2, 0.25) is 0 Å². The molecular weight excluding hydrogens is 270 g/mol. The Hall–Kier alpha value is -0.200. The van der Waals surface area contributed by atoms with E-state index in [-0.39, 0.29) is 17.2 Å². The molecule has 0 amide bonds. The normalized spacial score (nSPS) is 17.4. The van der Waals surface area contributed by atoms with Gasteiger partial charge in [-0.2, -0.15) is 0 Å². The van der Waals surface area contributed by atoms with Crippen molar-refractivity contribution in [1.82, 2.24) is 0 Å². The lowest BCUT2D eigenvalue weighted by atomic mass is 10.4.